The first-order valence-corrected chi connectivity index (χ1v) is 5.14. The zero-order valence-electron chi connectivity index (χ0n) is 9.46. The van der Waals surface area contributed by atoms with E-state index in [1.807, 2.05) is 6.08 Å². The van der Waals surface area contributed by atoms with Gasteiger partial charge in [-0.1, -0.05) is 12.7 Å². The molecule has 90 valence electrons. The number of hydrogen-bond donors (Lipinski definition) is 1. The average Bonchev–Trinajstić information content (AvgIpc) is 2.24. The minimum Gasteiger partial charge on any atom is -0.497 e. The van der Waals surface area contributed by atoms with Gasteiger partial charge in [0, 0.05) is 5.69 Å². The van der Waals surface area contributed by atoms with Gasteiger partial charge in [-0.2, -0.15) is 0 Å². The Morgan fingerprint density at radius 1 is 1.47 bits per heavy atom. The molecule has 0 spiro atoms. The summed E-state index contributed by atoms with van der Waals surface area (Å²) >= 11 is 0. The Morgan fingerprint density at radius 3 is 2.41 bits per heavy atom. The van der Waals surface area contributed by atoms with E-state index >= 15 is 0 Å². The van der Waals surface area contributed by atoms with Gasteiger partial charge in [0.1, 0.15) is 13.2 Å². The molecule has 4 heteroatoms. The summed E-state index contributed by atoms with van der Waals surface area (Å²) in [6, 6.07) is 6.57. The molecule has 0 bridgehead atoms. The van der Waals surface area contributed by atoms with Crippen molar-refractivity contribution in [3.63, 3.8) is 0 Å². The Bertz CT molecular complexity index is 390. The SMILES string of the molecule is C1=COC1.C=CCOC(=O)c1ccc(N)cc1. The van der Waals surface area contributed by atoms with Gasteiger partial charge >= 0.3 is 5.97 Å². The number of rotatable bonds is 3. The molecule has 1 aliphatic rings. The van der Waals surface area contributed by atoms with Crippen molar-refractivity contribution < 1.29 is 14.3 Å². The summed E-state index contributed by atoms with van der Waals surface area (Å²) in [5, 5.41) is 0. The normalized spacial score (nSPS) is 11.3. The summed E-state index contributed by atoms with van der Waals surface area (Å²) in [6.07, 6.45) is 5.16. The van der Waals surface area contributed by atoms with Crippen molar-refractivity contribution in [3.8, 4) is 0 Å². The molecule has 0 saturated heterocycles. The van der Waals surface area contributed by atoms with E-state index in [4.69, 9.17) is 10.5 Å². The highest BCUT2D eigenvalue weighted by molar-refractivity contribution is 5.89. The molecule has 0 aromatic heterocycles. The van der Waals surface area contributed by atoms with E-state index in [0.717, 1.165) is 6.61 Å². The third-order valence-corrected chi connectivity index (χ3v) is 1.86. The van der Waals surface area contributed by atoms with E-state index in [9.17, 15) is 4.79 Å². The third-order valence-electron chi connectivity index (χ3n) is 1.86. The van der Waals surface area contributed by atoms with Gasteiger partial charge in [0.05, 0.1) is 11.8 Å². The zero-order valence-corrected chi connectivity index (χ0v) is 9.46. The molecule has 2 N–H and O–H groups in total. The van der Waals surface area contributed by atoms with Crippen LogP contribution in [0.2, 0.25) is 0 Å². The molecule has 0 aliphatic carbocycles. The number of benzene rings is 1. The standard InChI is InChI=1S/C10H11NO2.C3H4O/c1-2-7-13-10(12)8-3-5-9(11)6-4-8;1-2-4-3-1/h2-6H,1,7,11H2;1-2H,3H2. The van der Waals surface area contributed by atoms with Crippen molar-refractivity contribution in [1.82, 2.24) is 0 Å². The van der Waals surface area contributed by atoms with E-state index in [0.29, 0.717) is 11.3 Å². The molecule has 0 unspecified atom stereocenters. The molecule has 1 aromatic rings. The molecule has 1 heterocycles. The maximum absolute atomic E-state index is 11.2. The Kier molecular flexibility index (Phi) is 5.37. The van der Waals surface area contributed by atoms with Gasteiger partial charge in [0.15, 0.2) is 0 Å². The second kappa shape index (κ2) is 7.11. The van der Waals surface area contributed by atoms with Crippen LogP contribution in [0.4, 0.5) is 5.69 Å². The van der Waals surface area contributed by atoms with Crippen molar-refractivity contribution >= 4 is 11.7 Å². The van der Waals surface area contributed by atoms with Crippen LogP contribution in [-0.2, 0) is 9.47 Å². The van der Waals surface area contributed by atoms with Gasteiger partial charge in [-0.25, -0.2) is 4.79 Å². The Morgan fingerprint density at radius 2 is 2.00 bits per heavy atom. The third kappa shape index (κ3) is 4.88. The van der Waals surface area contributed by atoms with Crippen LogP contribution in [-0.4, -0.2) is 19.2 Å². The lowest BCUT2D eigenvalue weighted by atomic mass is 10.2. The van der Waals surface area contributed by atoms with Crippen LogP contribution in [0.1, 0.15) is 10.4 Å². The number of nitrogens with two attached hydrogens (primary N) is 1. The first kappa shape index (κ1) is 12.8. The summed E-state index contributed by atoms with van der Waals surface area (Å²) in [5.74, 6) is -0.361. The molecule has 0 fully saturated rings. The number of carbonyl (C=O) groups is 1. The summed E-state index contributed by atoms with van der Waals surface area (Å²) < 4.78 is 9.36. The summed E-state index contributed by atoms with van der Waals surface area (Å²) in [5.41, 5.74) is 6.58. The van der Waals surface area contributed by atoms with E-state index in [2.05, 4.69) is 11.3 Å². The first-order valence-electron chi connectivity index (χ1n) is 5.14. The Hall–Kier alpha value is -2.23. The fraction of sp³-hybridized carbons (Fsp3) is 0.154. The lowest BCUT2D eigenvalue weighted by Crippen LogP contribution is -2.04. The summed E-state index contributed by atoms with van der Waals surface area (Å²) in [6.45, 7) is 4.49. The van der Waals surface area contributed by atoms with Crippen LogP contribution >= 0.6 is 0 Å². The number of carbonyl (C=O) groups excluding carboxylic acids is 1. The average molecular weight is 233 g/mol. The predicted molar refractivity (Wildman–Crippen MR) is 66.4 cm³/mol. The molecule has 0 amide bonds. The number of hydrogen-bond acceptors (Lipinski definition) is 4. The van der Waals surface area contributed by atoms with Gasteiger partial charge in [-0.15, -0.1) is 0 Å². The van der Waals surface area contributed by atoms with E-state index in [-0.39, 0.29) is 12.6 Å². The predicted octanol–water partition coefficient (Wildman–Crippen LogP) is 2.14. The molecular formula is C13H15NO3. The maximum Gasteiger partial charge on any atom is 0.338 e. The molecule has 1 aliphatic heterocycles. The van der Waals surface area contributed by atoms with E-state index < -0.39 is 0 Å². The van der Waals surface area contributed by atoms with E-state index in [1.54, 1.807) is 30.5 Å². The highest BCUT2D eigenvalue weighted by Crippen LogP contribution is 2.06. The largest absolute Gasteiger partial charge is 0.497 e. The van der Waals surface area contributed by atoms with Gasteiger partial charge < -0.3 is 15.2 Å². The zero-order chi connectivity index (χ0) is 12.5. The second-order valence-corrected chi connectivity index (χ2v) is 3.21. The molecular weight excluding hydrogens is 218 g/mol. The van der Waals surface area contributed by atoms with Crippen LogP contribution in [0, 0.1) is 0 Å². The number of anilines is 1. The van der Waals surface area contributed by atoms with Gasteiger partial charge in [-0.3, -0.25) is 0 Å². The van der Waals surface area contributed by atoms with Crippen molar-refractivity contribution in [2.24, 2.45) is 0 Å². The lowest BCUT2D eigenvalue weighted by Gasteiger charge is -2.01. The molecule has 17 heavy (non-hydrogen) atoms. The fourth-order valence-electron chi connectivity index (χ4n) is 0.933. The van der Waals surface area contributed by atoms with Gasteiger partial charge in [0.25, 0.3) is 0 Å². The van der Waals surface area contributed by atoms with Crippen LogP contribution in [0.3, 0.4) is 0 Å². The molecule has 0 atom stereocenters. The highest BCUT2D eigenvalue weighted by Gasteiger charge is 2.04. The quantitative estimate of drug-likeness (QED) is 0.493. The summed E-state index contributed by atoms with van der Waals surface area (Å²) in [4.78, 5) is 11.2. The second-order valence-electron chi connectivity index (χ2n) is 3.21. The smallest absolute Gasteiger partial charge is 0.338 e. The molecule has 4 nitrogen and oxygen atoms in total. The van der Waals surface area contributed by atoms with Crippen molar-refractivity contribution in [3.05, 3.63) is 54.8 Å². The van der Waals surface area contributed by atoms with Crippen LogP contribution in [0.25, 0.3) is 0 Å². The first-order chi connectivity index (χ1) is 8.24. The van der Waals surface area contributed by atoms with Gasteiger partial charge in [-0.05, 0) is 30.3 Å². The van der Waals surface area contributed by atoms with E-state index in [1.165, 1.54) is 6.08 Å². The van der Waals surface area contributed by atoms with Crippen LogP contribution < -0.4 is 5.73 Å². The topological polar surface area (TPSA) is 61.5 Å². The van der Waals surface area contributed by atoms with Crippen LogP contribution in [0.15, 0.2) is 49.3 Å². The maximum atomic E-state index is 11.2. The molecule has 2 rings (SSSR count). The Labute approximate surface area is 100 Å². The van der Waals surface area contributed by atoms with Crippen molar-refractivity contribution in [2.45, 2.75) is 0 Å². The number of esters is 1. The van der Waals surface area contributed by atoms with Crippen molar-refractivity contribution in [1.29, 1.82) is 0 Å². The minimum absolute atomic E-state index is 0.225. The highest BCUT2D eigenvalue weighted by atomic mass is 16.5. The minimum atomic E-state index is -0.361. The molecule has 0 saturated carbocycles. The van der Waals surface area contributed by atoms with Crippen molar-refractivity contribution in [2.75, 3.05) is 18.9 Å². The fourth-order valence-corrected chi connectivity index (χ4v) is 0.933. The summed E-state index contributed by atoms with van der Waals surface area (Å²) in [7, 11) is 0. The Balaban J connectivity index is 0.000000302. The number of ether oxygens (including phenoxy) is 2. The lowest BCUT2D eigenvalue weighted by molar-refractivity contribution is 0.0550. The number of nitrogen functional groups attached to an aromatic ring is 1. The van der Waals surface area contributed by atoms with Crippen LogP contribution in [0.5, 0.6) is 0 Å². The molecule has 0 radical (unpaired) electrons. The van der Waals surface area contributed by atoms with Gasteiger partial charge in [0.2, 0.25) is 0 Å². The monoisotopic (exact) mass is 233 g/mol. The molecule has 1 aromatic carbocycles.